The molecule has 0 spiro atoms. The van der Waals surface area contributed by atoms with E-state index in [2.05, 4.69) is 15.3 Å². The van der Waals surface area contributed by atoms with Gasteiger partial charge in [-0.05, 0) is 12.1 Å². The van der Waals surface area contributed by atoms with Crippen LogP contribution in [0.5, 0.6) is 0 Å². The van der Waals surface area contributed by atoms with E-state index in [9.17, 15) is 14.4 Å². The molecule has 8 heteroatoms. The Bertz CT molecular complexity index is 689. The van der Waals surface area contributed by atoms with Crippen molar-refractivity contribution in [1.29, 1.82) is 0 Å². The smallest absolute Gasteiger partial charge is 0.356 e. The number of H-pyrrole nitrogens is 1. The van der Waals surface area contributed by atoms with E-state index in [0.717, 1.165) is 0 Å². The number of hydrogen-bond acceptors (Lipinski definition) is 4. The molecule has 1 amide bonds. The summed E-state index contributed by atoms with van der Waals surface area (Å²) in [5.41, 5.74) is -0.485. The number of hydrogen-bond donors (Lipinski definition) is 3. The molecule has 0 aliphatic rings. The van der Waals surface area contributed by atoms with Gasteiger partial charge in [-0.1, -0.05) is 0 Å². The first-order valence-electron chi connectivity index (χ1n) is 5.79. The maximum Gasteiger partial charge on any atom is 0.356 e. The summed E-state index contributed by atoms with van der Waals surface area (Å²) in [5.74, 6) is -1.59. The van der Waals surface area contributed by atoms with E-state index in [0.29, 0.717) is 6.54 Å². The molecular formula is C12H12N4O4. The number of nitrogens with zero attached hydrogens (tertiary/aromatic N) is 2. The van der Waals surface area contributed by atoms with Gasteiger partial charge in [-0.15, -0.1) is 0 Å². The maximum atomic E-state index is 11.7. The van der Waals surface area contributed by atoms with Crippen LogP contribution in [0.4, 0.5) is 0 Å². The number of aromatic amines is 1. The summed E-state index contributed by atoms with van der Waals surface area (Å²) >= 11 is 0. The van der Waals surface area contributed by atoms with E-state index in [-0.39, 0.29) is 17.8 Å². The van der Waals surface area contributed by atoms with E-state index in [1.54, 1.807) is 10.6 Å². The number of carbonyl (C=O) groups excluding carboxylic acids is 1. The molecule has 8 nitrogen and oxygen atoms in total. The van der Waals surface area contributed by atoms with Gasteiger partial charge in [0.25, 0.3) is 11.5 Å². The topological polar surface area (TPSA) is 117 Å². The second-order valence-electron chi connectivity index (χ2n) is 3.97. The van der Waals surface area contributed by atoms with E-state index < -0.39 is 17.4 Å². The standard InChI is InChI=1S/C12H12N4O4/c17-10-8(2-1-3-13-10)11(18)14-4-5-16-6-9(12(19)20)15-7-16/h1-3,6-7H,4-5H2,(H,13,17)(H,14,18)(H,19,20). The Labute approximate surface area is 113 Å². The van der Waals surface area contributed by atoms with Crippen molar-refractivity contribution >= 4 is 11.9 Å². The molecule has 0 fully saturated rings. The van der Waals surface area contributed by atoms with Gasteiger partial charge in [0, 0.05) is 25.5 Å². The zero-order valence-electron chi connectivity index (χ0n) is 10.4. The third-order valence-corrected chi connectivity index (χ3v) is 2.57. The first-order chi connectivity index (χ1) is 9.58. The van der Waals surface area contributed by atoms with Crippen molar-refractivity contribution in [1.82, 2.24) is 19.9 Å². The van der Waals surface area contributed by atoms with Gasteiger partial charge in [0.1, 0.15) is 5.56 Å². The molecule has 0 bridgehead atoms. The minimum Gasteiger partial charge on any atom is -0.476 e. The normalized spacial score (nSPS) is 10.2. The summed E-state index contributed by atoms with van der Waals surface area (Å²) in [6.45, 7) is 0.610. The lowest BCUT2D eigenvalue weighted by molar-refractivity contribution is 0.0690. The fraction of sp³-hybridized carbons (Fsp3) is 0.167. The molecule has 2 heterocycles. The number of aromatic carboxylic acids is 1. The summed E-state index contributed by atoms with van der Waals surface area (Å²) in [6, 6.07) is 2.99. The third-order valence-electron chi connectivity index (χ3n) is 2.57. The molecule has 0 aliphatic carbocycles. The largest absolute Gasteiger partial charge is 0.476 e. The van der Waals surface area contributed by atoms with Crippen molar-refractivity contribution in [3.8, 4) is 0 Å². The van der Waals surface area contributed by atoms with Crippen molar-refractivity contribution in [3.05, 3.63) is 52.5 Å². The van der Waals surface area contributed by atoms with Crippen LogP contribution in [-0.2, 0) is 6.54 Å². The Kier molecular flexibility index (Phi) is 3.94. The quantitative estimate of drug-likeness (QED) is 0.693. The lowest BCUT2D eigenvalue weighted by Crippen LogP contribution is -2.31. The van der Waals surface area contributed by atoms with Crippen LogP contribution in [-0.4, -0.2) is 38.1 Å². The molecule has 20 heavy (non-hydrogen) atoms. The van der Waals surface area contributed by atoms with Gasteiger partial charge in [-0.25, -0.2) is 9.78 Å². The highest BCUT2D eigenvalue weighted by molar-refractivity contribution is 5.93. The number of carboxylic acid groups (broad SMARTS) is 1. The van der Waals surface area contributed by atoms with Crippen molar-refractivity contribution in [2.24, 2.45) is 0 Å². The van der Waals surface area contributed by atoms with E-state index in [1.165, 1.54) is 24.8 Å². The van der Waals surface area contributed by atoms with Crippen LogP contribution < -0.4 is 10.9 Å². The minimum absolute atomic E-state index is 0.0318. The number of pyridine rings is 1. The summed E-state index contributed by atoms with van der Waals surface area (Å²) in [6.07, 6.45) is 4.17. The van der Waals surface area contributed by atoms with Crippen LogP contribution in [0.3, 0.4) is 0 Å². The molecule has 0 aliphatic heterocycles. The highest BCUT2D eigenvalue weighted by atomic mass is 16.4. The lowest BCUT2D eigenvalue weighted by Gasteiger charge is -2.04. The molecule has 2 aromatic heterocycles. The van der Waals surface area contributed by atoms with E-state index >= 15 is 0 Å². The number of aromatic nitrogens is 3. The first kappa shape index (κ1) is 13.5. The number of rotatable bonds is 5. The molecule has 0 saturated carbocycles. The summed E-state index contributed by atoms with van der Waals surface area (Å²) in [5, 5.41) is 11.3. The summed E-state index contributed by atoms with van der Waals surface area (Å²) in [7, 11) is 0. The Morgan fingerprint density at radius 3 is 2.90 bits per heavy atom. The van der Waals surface area contributed by atoms with Crippen molar-refractivity contribution in [2.75, 3.05) is 6.54 Å². The maximum absolute atomic E-state index is 11.7. The average Bonchev–Trinajstić information content (AvgIpc) is 2.88. The molecule has 2 rings (SSSR count). The highest BCUT2D eigenvalue weighted by Gasteiger charge is 2.09. The van der Waals surface area contributed by atoms with Gasteiger partial charge >= 0.3 is 5.97 Å². The minimum atomic E-state index is -1.11. The molecular weight excluding hydrogens is 264 g/mol. The number of imidazole rings is 1. The Balaban J connectivity index is 1.89. The Hall–Kier alpha value is -2.90. The SMILES string of the molecule is O=C(O)c1cn(CCNC(=O)c2ccc[nH]c2=O)cn1. The average molecular weight is 276 g/mol. The van der Waals surface area contributed by atoms with Crippen molar-refractivity contribution < 1.29 is 14.7 Å². The molecule has 104 valence electrons. The Morgan fingerprint density at radius 1 is 1.45 bits per heavy atom. The molecule has 2 aromatic rings. The Morgan fingerprint density at radius 2 is 2.25 bits per heavy atom. The molecule has 3 N–H and O–H groups in total. The molecule has 0 unspecified atom stereocenters. The number of carbonyl (C=O) groups is 2. The van der Waals surface area contributed by atoms with Crippen LogP contribution in [0.1, 0.15) is 20.8 Å². The predicted octanol–water partition coefficient (Wildman–Crippen LogP) is -0.300. The fourth-order valence-corrected chi connectivity index (χ4v) is 1.59. The number of nitrogens with one attached hydrogen (secondary N) is 2. The fourth-order valence-electron chi connectivity index (χ4n) is 1.59. The van der Waals surface area contributed by atoms with Gasteiger partial charge in [0.2, 0.25) is 0 Å². The van der Waals surface area contributed by atoms with Crippen LogP contribution in [0, 0.1) is 0 Å². The second kappa shape index (κ2) is 5.83. The second-order valence-corrected chi connectivity index (χ2v) is 3.97. The molecule has 0 aromatic carbocycles. The zero-order valence-corrected chi connectivity index (χ0v) is 10.4. The van der Waals surface area contributed by atoms with E-state index in [4.69, 9.17) is 5.11 Å². The molecule has 0 radical (unpaired) electrons. The number of amides is 1. The third kappa shape index (κ3) is 3.10. The molecule has 0 saturated heterocycles. The van der Waals surface area contributed by atoms with Crippen LogP contribution in [0.15, 0.2) is 35.6 Å². The molecule has 0 atom stereocenters. The van der Waals surface area contributed by atoms with Gasteiger partial charge in [-0.3, -0.25) is 9.59 Å². The van der Waals surface area contributed by atoms with Gasteiger partial charge in [0.05, 0.1) is 6.33 Å². The highest BCUT2D eigenvalue weighted by Crippen LogP contribution is 1.95. The van der Waals surface area contributed by atoms with Crippen LogP contribution in [0.25, 0.3) is 0 Å². The van der Waals surface area contributed by atoms with E-state index in [1.807, 2.05) is 0 Å². The zero-order chi connectivity index (χ0) is 14.5. The monoisotopic (exact) mass is 276 g/mol. The van der Waals surface area contributed by atoms with Gasteiger partial charge in [-0.2, -0.15) is 0 Å². The van der Waals surface area contributed by atoms with Gasteiger partial charge in [0.15, 0.2) is 5.69 Å². The van der Waals surface area contributed by atoms with Crippen LogP contribution in [0.2, 0.25) is 0 Å². The van der Waals surface area contributed by atoms with Crippen molar-refractivity contribution in [3.63, 3.8) is 0 Å². The first-order valence-corrected chi connectivity index (χ1v) is 5.79. The summed E-state index contributed by atoms with van der Waals surface area (Å²) in [4.78, 5) is 39.8. The predicted molar refractivity (Wildman–Crippen MR) is 68.6 cm³/mol. The van der Waals surface area contributed by atoms with Crippen LogP contribution >= 0.6 is 0 Å². The van der Waals surface area contributed by atoms with Crippen molar-refractivity contribution in [2.45, 2.75) is 6.54 Å². The lowest BCUT2D eigenvalue weighted by atomic mass is 10.2. The summed E-state index contributed by atoms with van der Waals surface area (Å²) < 4.78 is 1.54. The van der Waals surface area contributed by atoms with Gasteiger partial charge < -0.3 is 20.0 Å². The number of carboxylic acids is 1.